The fourth-order valence-electron chi connectivity index (χ4n) is 3.22. The molecule has 7 heteroatoms. The van der Waals surface area contributed by atoms with Crippen LogP contribution in [0.4, 0.5) is 4.39 Å². The van der Waals surface area contributed by atoms with E-state index < -0.39 is 5.82 Å². The smallest absolute Gasteiger partial charge is 0.254 e. The second-order valence-electron chi connectivity index (χ2n) is 5.82. The molecule has 2 fully saturated rings. The molecule has 3 rings (SSSR count). The number of nitrogens with zero attached hydrogens (tertiary/aromatic N) is 2. The Morgan fingerprint density at radius 1 is 1.30 bits per heavy atom. The Hall–Kier alpha value is -1.37. The van der Waals surface area contributed by atoms with E-state index in [2.05, 4.69) is 10.2 Å². The number of methoxy groups -OCH3 is 1. The summed E-state index contributed by atoms with van der Waals surface area (Å²) in [5, 5.41) is 3.38. The molecule has 5 nitrogen and oxygen atoms in total. The predicted octanol–water partition coefficient (Wildman–Crippen LogP) is 1.38. The summed E-state index contributed by atoms with van der Waals surface area (Å²) in [6.07, 6.45) is 1.18. The number of hydrogen-bond acceptors (Lipinski definition) is 4. The van der Waals surface area contributed by atoms with Crippen molar-refractivity contribution in [2.75, 3.05) is 46.4 Å². The normalized spacial score (nSPS) is 21.8. The monoisotopic (exact) mass is 343 g/mol. The zero-order valence-corrected chi connectivity index (χ0v) is 14.1. The van der Waals surface area contributed by atoms with Gasteiger partial charge in [0.2, 0.25) is 0 Å². The number of halogens is 2. The first-order chi connectivity index (χ1) is 10.7. The number of hydrogen-bond donors (Lipinski definition) is 1. The molecule has 1 aromatic carbocycles. The van der Waals surface area contributed by atoms with Crippen LogP contribution in [0.1, 0.15) is 16.8 Å². The number of carbonyl (C=O) groups excluding carboxylic acids is 1. The Labute approximate surface area is 142 Å². The van der Waals surface area contributed by atoms with Gasteiger partial charge in [-0.1, -0.05) is 0 Å². The molecule has 23 heavy (non-hydrogen) atoms. The van der Waals surface area contributed by atoms with Crippen LogP contribution in [0, 0.1) is 5.82 Å². The van der Waals surface area contributed by atoms with Crippen LogP contribution >= 0.6 is 12.4 Å². The van der Waals surface area contributed by atoms with Gasteiger partial charge in [0.1, 0.15) is 0 Å². The van der Waals surface area contributed by atoms with E-state index in [4.69, 9.17) is 4.74 Å². The average molecular weight is 344 g/mol. The Morgan fingerprint density at radius 2 is 2.04 bits per heavy atom. The minimum Gasteiger partial charge on any atom is -0.494 e. The molecule has 1 atom stereocenters. The van der Waals surface area contributed by atoms with Crippen LogP contribution in [-0.2, 0) is 0 Å². The zero-order valence-electron chi connectivity index (χ0n) is 13.3. The molecular formula is C16H23ClFN3O2. The van der Waals surface area contributed by atoms with Gasteiger partial charge in [-0.2, -0.15) is 0 Å². The van der Waals surface area contributed by atoms with Crippen molar-refractivity contribution in [1.29, 1.82) is 0 Å². The molecule has 0 saturated carbocycles. The van der Waals surface area contributed by atoms with Crippen LogP contribution in [0.5, 0.6) is 5.75 Å². The van der Waals surface area contributed by atoms with Crippen LogP contribution in [0.3, 0.4) is 0 Å². The number of amides is 1. The summed E-state index contributed by atoms with van der Waals surface area (Å²) in [7, 11) is 1.40. The second-order valence-corrected chi connectivity index (χ2v) is 5.82. The van der Waals surface area contributed by atoms with Crippen LogP contribution in [0.2, 0.25) is 0 Å². The fourth-order valence-corrected chi connectivity index (χ4v) is 3.22. The summed E-state index contributed by atoms with van der Waals surface area (Å²) in [6, 6.07) is 4.88. The van der Waals surface area contributed by atoms with Crippen LogP contribution in [0.15, 0.2) is 18.2 Å². The van der Waals surface area contributed by atoms with Crippen molar-refractivity contribution in [2.45, 2.75) is 12.5 Å². The van der Waals surface area contributed by atoms with E-state index in [0.717, 1.165) is 39.3 Å². The van der Waals surface area contributed by atoms with Gasteiger partial charge in [0.05, 0.1) is 7.11 Å². The number of benzene rings is 1. The lowest BCUT2D eigenvalue weighted by atomic mass is 10.1. The van der Waals surface area contributed by atoms with Crippen molar-refractivity contribution < 1.29 is 13.9 Å². The SMILES string of the molecule is COc1cc(C(=O)N2CCN(C3CCNC3)CC2)ccc1F.Cl. The number of piperazine rings is 1. The lowest BCUT2D eigenvalue weighted by Gasteiger charge is -2.37. The van der Waals surface area contributed by atoms with Gasteiger partial charge in [-0.3, -0.25) is 9.69 Å². The number of nitrogens with one attached hydrogen (secondary N) is 1. The highest BCUT2D eigenvalue weighted by molar-refractivity contribution is 5.94. The van der Waals surface area contributed by atoms with E-state index in [-0.39, 0.29) is 24.1 Å². The maximum atomic E-state index is 13.4. The molecule has 0 aliphatic carbocycles. The van der Waals surface area contributed by atoms with Crippen molar-refractivity contribution in [1.82, 2.24) is 15.1 Å². The van der Waals surface area contributed by atoms with E-state index in [1.165, 1.54) is 31.7 Å². The van der Waals surface area contributed by atoms with E-state index >= 15 is 0 Å². The molecular weight excluding hydrogens is 321 g/mol. The van der Waals surface area contributed by atoms with Crippen LogP contribution in [-0.4, -0.2) is 68.1 Å². The summed E-state index contributed by atoms with van der Waals surface area (Å²) in [5.74, 6) is -0.387. The minimum atomic E-state index is -0.447. The van der Waals surface area contributed by atoms with E-state index in [1.807, 2.05) is 4.90 Å². The van der Waals surface area contributed by atoms with Gasteiger partial charge < -0.3 is 15.0 Å². The summed E-state index contributed by atoms with van der Waals surface area (Å²) < 4.78 is 18.4. The molecule has 0 aromatic heterocycles. The van der Waals surface area contributed by atoms with Crippen molar-refractivity contribution in [3.8, 4) is 5.75 Å². The molecule has 2 saturated heterocycles. The zero-order chi connectivity index (χ0) is 15.5. The van der Waals surface area contributed by atoms with Gasteiger partial charge in [-0.25, -0.2) is 4.39 Å². The van der Waals surface area contributed by atoms with Gasteiger partial charge in [0.25, 0.3) is 5.91 Å². The van der Waals surface area contributed by atoms with Crippen LogP contribution in [0.25, 0.3) is 0 Å². The van der Waals surface area contributed by atoms with E-state index in [9.17, 15) is 9.18 Å². The molecule has 2 aliphatic rings. The number of rotatable bonds is 3. The molecule has 1 unspecified atom stereocenters. The Balaban J connectivity index is 0.00000192. The highest BCUT2D eigenvalue weighted by Gasteiger charge is 2.28. The molecule has 128 valence electrons. The van der Waals surface area contributed by atoms with E-state index in [1.54, 1.807) is 0 Å². The summed E-state index contributed by atoms with van der Waals surface area (Å²) in [4.78, 5) is 16.8. The Kier molecular flexibility index (Phi) is 6.21. The van der Waals surface area contributed by atoms with Crippen molar-refractivity contribution >= 4 is 18.3 Å². The summed E-state index contributed by atoms with van der Waals surface area (Å²) in [6.45, 7) is 5.36. The molecule has 0 radical (unpaired) electrons. The van der Waals surface area contributed by atoms with Crippen molar-refractivity contribution in [2.24, 2.45) is 0 Å². The maximum Gasteiger partial charge on any atom is 0.254 e. The first-order valence-electron chi connectivity index (χ1n) is 7.76. The Bertz CT molecular complexity index is 544. The molecule has 1 N–H and O–H groups in total. The van der Waals surface area contributed by atoms with Gasteiger partial charge in [-0.15, -0.1) is 12.4 Å². The number of ether oxygens (including phenoxy) is 1. The third-order valence-corrected chi connectivity index (χ3v) is 4.55. The first-order valence-corrected chi connectivity index (χ1v) is 7.76. The molecule has 0 spiro atoms. The van der Waals surface area contributed by atoms with Gasteiger partial charge in [0.15, 0.2) is 11.6 Å². The highest BCUT2D eigenvalue weighted by Crippen LogP contribution is 2.20. The highest BCUT2D eigenvalue weighted by atomic mass is 35.5. The van der Waals surface area contributed by atoms with Gasteiger partial charge in [0, 0.05) is 44.3 Å². The predicted molar refractivity (Wildman–Crippen MR) is 89.0 cm³/mol. The largest absolute Gasteiger partial charge is 0.494 e. The molecule has 1 aromatic rings. The van der Waals surface area contributed by atoms with E-state index in [0.29, 0.717) is 11.6 Å². The molecule has 0 bridgehead atoms. The van der Waals surface area contributed by atoms with Crippen molar-refractivity contribution in [3.63, 3.8) is 0 Å². The average Bonchev–Trinajstić information content (AvgIpc) is 3.09. The van der Waals surface area contributed by atoms with Gasteiger partial charge in [-0.05, 0) is 31.2 Å². The molecule has 2 heterocycles. The minimum absolute atomic E-state index is 0. The molecule has 1 amide bonds. The molecule has 2 aliphatic heterocycles. The third kappa shape index (κ3) is 3.94. The lowest BCUT2D eigenvalue weighted by Crippen LogP contribution is -2.52. The number of carbonyl (C=O) groups is 1. The summed E-state index contributed by atoms with van der Waals surface area (Å²) >= 11 is 0. The van der Waals surface area contributed by atoms with Crippen molar-refractivity contribution in [3.05, 3.63) is 29.6 Å². The first kappa shape index (κ1) is 18.0. The second kappa shape index (κ2) is 7.95. The van der Waals surface area contributed by atoms with Gasteiger partial charge >= 0.3 is 0 Å². The summed E-state index contributed by atoms with van der Waals surface area (Å²) in [5.41, 5.74) is 0.481. The standard InChI is InChI=1S/C16H22FN3O2.ClH/c1-22-15-10-12(2-3-14(15)17)16(21)20-8-6-19(7-9-20)13-4-5-18-11-13;/h2-3,10,13,18H,4-9,11H2,1H3;1H. The Morgan fingerprint density at radius 3 is 2.65 bits per heavy atom. The topological polar surface area (TPSA) is 44.8 Å². The third-order valence-electron chi connectivity index (χ3n) is 4.55. The quantitative estimate of drug-likeness (QED) is 0.900. The maximum absolute atomic E-state index is 13.4. The lowest BCUT2D eigenvalue weighted by molar-refractivity contribution is 0.0583. The van der Waals surface area contributed by atoms with Crippen LogP contribution < -0.4 is 10.1 Å². The fraction of sp³-hybridized carbons (Fsp3) is 0.562.